The lowest BCUT2D eigenvalue weighted by molar-refractivity contribution is -0.660. The fourth-order valence-corrected chi connectivity index (χ4v) is 4.27. The van der Waals surface area contributed by atoms with Gasteiger partial charge in [-0.05, 0) is 36.6 Å². The fourth-order valence-electron chi connectivity index (χ4n) is 4.27. The van der Waals surface area contributed by atoms with Gasteiger partial charge >= 0.3 is 0 Å². The molecule has 3 nitrogen and oxygen atoms in total. The molecule has 0 saturated carbocycles. The fraction of sp³-hybridized carbons (Fsp3) is 0.111. The van der Waals surface area contributed by atoms with E-state index in [1.54, 1.807) is 0 Å². The van der Waals surface area contributed by atoms with Crippen LogP contribution in [0.1, 0.15) is 11.1 Å². The molecular weight excluding hydrogens is 387 g/mol. The van der Waals surface area contributed by atoms with Gasteiger partial charge in [0.25, 0.3) is 0 Å². The van der Waals surface area contributed by atoms with Crippen molar-refractivity contribution < 1.29 is 13.4 Å². The molecule has 0 fully saturated rings. The zero-order valence-corrected chi connectivity index (χ0v) is 17.5. The molecule has 31 heavy (non-hydrogen) atoms. The summed E-state index contributed by atoms with van der Waals surface area (Å²) in [6.45, 7) is 11.7. The van der Waals surface area contributed by atoms with E-state index in [0.29, 0.717) is 27.5 Å². The molecule has 0 unspecified atom stereocenters. The molecule has 0 N–H and O–H groups in total. The average molecular weight is 407 g/mol. The number of halogens is 1. The van der Waals surface area contributed by atoms with Crippen LogP contribution >= 0.6 is 0 Å². The molecule has 2 heterocycles. The first-order valence-corrected chi connectivity index (χ1v) is 10.1. The Hall–Kier alpha value is -3.97. The van der Waals surface area contributed by atoms with Crippen LogP contribution in [-0.2, 0) is 7.05 Å². The smallest absolute Gasteiger partial charge is 0.216 e. The SMILES string of the molecule is [C-]#[N+]c1cc(F)c2c(oc3c(-c4cc(C)cc[n+]4C)c(C)ccc32)c1-c1ccccc1. The van der Waals surface area contributed by atoms with Crippen LogP contribution < -0.4 is 4.57 Å². The van der Waals surface area contributed by atoms with Crippen molar-refractivity contribution in [3.63, 3.8) is 0 Å². The van der Waals surface area contributed by atoms with Gasteiger partial charge < -0.3 is 4.42 Å². The van der Waals surface area contributed by atoms with Gasteiger partial charge in [-0.25, -0.2) is 13.8 Å². The highest BCUT2D eigenvalue weighted by atomic mass is 19.1. The second-order valence-corrected chi connectivity index (χ2v) is 7.87. The van der Waals surface area contributed by atoms with E-state index >= 15 is 4.39 Å². The Labute approximate surface area is 179 Å². The van der Waals surface area contributed by atoms with E-state index in [1.807, 2.05) is 80.2 Å². The van der Waals surface area contributed by atoms with Gasteiger partial charge in [-0.1, -0.05) is 42.5 Å². The van der Waals surface area contributed by atoms with Crippen LogP contribution in [0.3, 0.4) is 0 Å². The van der Waals surface area contributed by atoms with E-state index < -0.39 is 5.82 Å². The zero-order valence-electron chi connectivity index (χ0n) is 17.5. The maximum atomic E-state index is 15.3. The molecule has 0 bridgehead atoms. The molecule has 150 valence electrons. The Morgan fingerprint density at radius 1 is 0.935 bits per heavy atom. The van der Waals surface area contributed by atoms with Gasteiger partial charge in [-0.2, -0.15) is 0 Å². The summed E-state index contributed by atoms with van der Waals surface area (Å²) in [6.07, 6.45) is 2.01. The number of aryl methyl sites for hydroxylation is 3. The molecule has 0 aliphatic carbocycles. The van der Waals surface area contributed by atoms with Crippen molar-refractivity contribution in [2.24, 2.45) is 7.05 Å². The molecule has 5 rings (SSSR count). The van der Waals surface area contributed by atoms with E-state index in [-0.39, 0.29) is 5.69 Å². The van der Waals surface area contributed by atoms with Crippen LogP contribution in [0.4, 0.5) is 10.1 Å². The van der Waals surface area contributed by atoms with Crippen LogP contribution in [0.5, 0.6) is 0 Å². The Kier molecular flexibility index (Phi) is 4.34. The van der Waals surface area contributed by atoms with E-state index in [4.69, 9.17) is 11.0 Å². The topological polar surface area (TPSA) is 21.4 Å². The number of benzene rings is 3. The van der Waals surface area contributed by atoms with Gasteiger partial charge in [0.2, 0.25) is 11.4 Å². The molecule has 4 heteroatoms. The standard InChI is InChI=1S/C27H20FN2O/c1-16-12-13-30(4)22(14-16)23-17(2)10-11-19-25-20(28)15-21(29-3)24(27(25)31-26(19)23)18-8-6-5-7-9-18/h5-15H,1-2,4H3/q+1. The molecule has 0 radical (unpaired) electrons. The summed E-state index contributed by atoms with van der Waals surface area (Å²) >= 11 is 0. The second-order valence-electron chi connectivity index (χ2n) is 7.87. The molecule has 0 atom stereocenters. The summed E-state index contributed by atoms with van der Waals surface area (Å²) in [6, 6.07) is 18.9. The predicted molar refractivity (Wildman–Crippen MR) is 121 cm³/mol. The van der Waals surface area contributed by atoms with Gasteiger partial charge in [-0.3, -0.25) is 0 Å². The minimum absolute atomic E-state index is 0.245. The van der Waals surface area contributed by atoms with Crippen molar-refractivity contribution in [1.82, 2.24) is 0 Å². The summed E-state index contributed by atoms with van der Waals surface area (Å²) in [4.78, 5) is 3.60. The van der Waals surface area contributed by atoms with Crippen molar-refractivity contribution in [2.45, 2.75) is 13.8 Å². The molecular formula is C27H20FN2O+. The highest BCUT2D eigenvalue weighted by molar-refractivity contribution is 6.15. The summed E-state index contributed by atoms with van der Waals surface area (Å²) in [5, 5.41) is 1.13. The maximum Gasteiger partial charge on any atom is 0.216 e. The van der Waals surface area contributed by atoms with Crippen LogP contribution in [0.25, 0.3) is 49.2 Å². The molecule has 5 aromatic rings. The first-order valence-electron chi connectivity index (χ1n) is 10.1. The normalized spacial score (nSPS) is 11.2. The van der Waals surface area contributed by atoms with E-state index in [2.05, 4.69) is 10.9 Å². The lowest BCUT2D eigenvalue weighted by Gasteiger charge is -2.06. The molecule has 2 aromatic heterocycles. The third kappa shape index (κ3) is 2.90. The van der Waals surface area contributed by atoms with Crippen molar-refractivity contribution in [2.75, 3.05) is 0 Å². The van der Waals surface area contributed by atoms with Crippen LogP contribution in [0.2, 0.25) is 0 Å². The Bertz CT molecular complexity index is 1530. The first kappa shape index (κ1) is 19.0. The average Bonchev–Trinajstić information content (AvgIpc) is 3.16. The number of pyridine rings is 1. The number of fused-ring (bicyclic) bond motifs is 3. The van der Waals surface area contributed by atoms with Gasteiger partial charge in [0.1, 0.15) is 24.0 Å². The quantitative estimate of drug-likeness (QED) is 0.227. The van der Waals surface area contributed by atoms with Crippen molar-refractivity contribution in [3.8, 4) is 22.4 Å². The Morgan fingerprint density at radius 2 is 1.71 bits per heavy atom. The summed E-state index contributed by atoms with van der Waals surface area (Å²) in [5.74, 6) is -0.442. The minimum Gasteiger partial charge on any atom is -0.456 e. The second kappa shape index (κ2) is 7.07. The first-order chi connectivity index (χ1) is 15.0. The van der Waals surface area contributed by atoms with Gasteiger partial charge in [0, 0.05) is 23.1 Å². The summed E-state index contributed by atoms with van der Waals surface area (Å²) in [5.41, 5.74) is 6.85. The predicted octanol–water partition coefficient (Wildman–Crippen LogP) is 7.05. The molecule has 0 amide bonds. The molecule has 0 saturated heterocycles. The highest BCUT2D eigenvalue weighted by Gasteiger charge is 2.25. The lowest BCUT2D eigenvalue weighted by Crippen LogP contribution is -2.30. The van der Waals surface area contributed by atoms with Gasteiger partial charge in [0.05, 0.1) is 17.5 Å². The lowest BCUT2D eigenvalue weighted by atomic mass is 9.97. The number of furan rings is 1. The van der Waals surface area contributed by atoms with E-state index in [9.17, 15) is 0 Å². The number of nitrogens with zero attached hydrogens (tertiary/aromatic N) is 2. The third-order valence-corrected chi connectivity index (χ3v) is 5.80. The number of hydrogen-bond donors (Lipinski definition) is 0. The third-order valence-electron chi connectivity index (χ3n) is 5.80. The Balaban J connectivity index is 1.97. The number of aromatic nitrogens is 1. The largest absolute Gasteiger partial charge is 0.456 e. The van der Waals surface area contributed by atoms with Crippen LogP contribution in [0.15, 0.2) is 71.3 Å². The molecule has 0 spiro atoms. The van der Waals surface area contributed by atoms with Gasteiger partial charge in [-0.15, -0.1) is 0 Å². The highest BCUT2D eigenvalue weighted by Crippen LogP contribution is 2.45. The summed E-state index contributed by atoms with van der Waals surface area (Å²) in [7, 11) is 1.99. The van der Waals surface area contributed by atoms with Crippen molar-refractivity contribution >= 4 is 27.6 Å². The molecule has 3 aromatic carbocycles. The number of hydrogen-bond acceptors (Lipinski definition) is 1. The minimum atomic E-state index is -0.442. The van der Waals surface area contributed by atoms with E-state index in [1.165, 1.54) is 6.07 Å². The van der Waals surface area contributed by atoms with Crippen LogP contribution in [-0.4, -0.2) is 0 Å². The van der Waals surface area contributed by atoms with Crippen molar-refractivity contribution in [1.29, 1.82) is 0 Å². The monoisotopic (exact) mass is 407 g/mol. The number of rotatable bonds is 2. The Morgan fingerprint density at radius 3 is 2.45 bits per heavy atom. The van der Waals surface area contributed by atoms with Crippen molar-refractivity contribution in [3.05, 3.63) is 95.2 Å². The van der Waals surface area contributed by atoms with Gasteiger partial charge in [0.15, 0.2) is 6.20 Å². The molecule has 0 aliphatic rings. The zero-order chi connectivity index (χ0) is 21.7. The maximum absolute atomic E-state index is 15.3. The molecule has 0 aliphatic heterocycles. The van der Waals surface area contributed by atoms with E-state index in [0.717, 1.165) is 27.9 Å². The van der Waals surface area contributed by atoms with Crippen LogP contribution in [0, 0.1) is 26.2 Å². The summed E-state index contributed by atoms with van der Waals surface area (Å²) < 4.78 is 23.7.